The number of carbonyl (C=O) groups excluding carboxylic acids is 2. The molecule has 0 spiro atoms. The maximum Gasteiger partial charge on any atom is 0.416 e. The van der Waals surface area contributed by atoms with E-state index in [9.17, 15) is 125 Å². The summed E-state index contributed by atoms with van der Waals surface area (Å²) in [5.41, 5.74) is -29.4. The SMILES string of the molecule is FC(F)(F)c1cc([B-](c2cc(C(F)(F)F)cc(C(F)(F)F)c2)(c2cc(C(F)(F)F)cc(C(F)(F)F)c2)c2cc(C(F)(F)F)cc(C(F)(F)F)c2)cc(C(F)(F)F)c1.O=C(O)c1cccc(OC(=O)c2c3ccccc3cc[n+]2CC(=O)c2ccccc2)c1. The number of aromatic nitrogens is 1. The average Bonchev–Trinajstić information content (AvgIpc) is 0.712. The van der Waals surface area contributed by atoms with Crippen LogP contribution in [0.4, 0.5) is 105 Å². The van der Waals surface area contributed by atoms with Crippen LogP contribution in [0.15, 0.2) is 164 Å². The Balaban J connectivity index is 0.000000298. The second-order valence-electron chi connectivity index (χ2n) is 19.1. The lowest BCUT2D eigenvalue weighted by Gasteiger charge is -2.46. The molecule has 0 aliphatic carbocycles. The number of carboxylic acid groups (broad SMARTS) is 1. The van der Waals surface area contributed by atoms with E-state index in [0.717, 1.165) is 5.39 Å². The van der Waals surface area contributed by atoms with Crippen LogP contribution in [0, 0.1) is 0 Å². The minimum atomic E-state index is -6.13. The number of benzene rings is 7. The first-order valence-electron chi connectivity index (χ1n) is 24.2. The number of esters is 1. The number of pyridine rings is 1. The van der Waals surface area contributed by atoms with Crippen molar-refractivity contribution < 1.29 is 134 Å². The molecule has 7 aromatic carbocycles. The first-order valence-corrected chi connectivity index (χ1v) is 24.2. The van der Waals surface area contributed by atoms with E-state index in [0.29, 0.717) is 10.9 Å². The number of hydrogen-bond donors (Lipinski definition) is 1. The van der Waals surface area contributed by atoms with Crippen LogP contribution in [0.2, 0.25) is 0 Å². The number of carboxylic acids is 1. The van der Waals surface area contributed by atoms with Crippen molar-refractivity contribution in [3.8, 4) is 5.75 Å². The van der Waals surface area contributed by atoms with Gasteiger partial charge in [0, 0.05) is 11.6 Å². The number of nitrogens with zero attached hydrogens (tertiary/aromatic N) is 1. The zero-order valence-corrected chi connectivity index (χ0v) is 43.0. The van der Waals surface area contributed by atoms with Gasteiger partial charge in [-0.05, 0) is 53.9 Å². The number of alkyl halides is 24. The first-order chi connectivity index (χ1) is 40.3. The lowest BCUT2D eigenvalue weighted by molar-refractivity contribution is -0.684. The van der Waals surface area contributed by atoms with E-state index in [1.54, 1.807) is 47.2 Å². The molecule has 464 valence electrons. The Morgan fingerprint density at radius 2 is 0.693 bits per heavy atom. The van der Waals surface area contributed by atoms with Gasteiger partial charge in [-0.2, -0.15) is 132 Å². The number of hydrogen-bond acceptors (Lipinski definition) is 4. The van der Waals surface area contributed by atoms with Gasteiger partial charge in [0.2, 0.25) is 12.3 Å². The smallest absolute Gasteiger partial charge is 0.416 e. The summed E-state index contributed by atoms with van der Waals surface area (Å²) in [5, 5.41) is 10.6. The van der Waals surface area contributed by atoms with Crippen LogP contribution in [-0.2, 0) is 56.0 Å². The summed E-state index contributed by atoms with van der Waals surface area (Å²) in [6.07, 6.45) is -53.1. The molecular formula is C57H30BF24NO5. The molecule has 88 heavy (non-hydrogen) atoms. The van der Waals surface area contributed by atoms with Gasteiger partial charge < -0.3 is 9.84 Å². The van der Waals surface area contributed by atoms with Crippen molar-refractivity contribution in [3.05, 3.63) is 225 Å². The fourth-order valence-corrected chi connectivity index (χ4v) is 9.41. The Morgan fingerprint density at radius 3 is 1.02 bits per heavy atom. The molecule has 0 saturated heterocycles. The monoisotopic (exact) mass is 1280 g/mol. The molecule has 0 bridgehead atoms. The molecule has 0 fully saturated rings. The van der Waals surface area contributed by atoms with Crippen LogP contribution in [0.25, 0.3) is 10.8 Å². The molecule has 0 aliphatic heterocycles. The van der Waals surface area contributed by atoms with Gasteiger partial charge in [0.15, 0.2) is 6.20 Å². The zero-order chi connectivity index (χ0) is 65.7. The van der Waals surface area contributed by atoms with Crippen molar-refractivity contribution in [1.29, 1.82) is 0 Å². The molecule has 0 saturated carbocycles. The molecule has 1 heterocycles. The minimum absolute atomic E-state index is 0.00958. The van der Waals surface area contributed by atoms with Crippen molar-refractivity contribution in [2.75, 3.05) is 0 Å². The number of rotatable bonds is 10. The summed E-state index contributed by atoms with van der Waals surface area (Å²) in [5.74, 6) is -1.84. The molecular weight excluding hydrogens is 1250 g/mol. The van der Waals surface area contributed by atoms with E-state index in [2.05, 4.69) is 0 Å². The number of ketones is 1. The summed E-state index contributed by atoms with van der Waals surface area (Å²) < 4.78 is 348. The quantitative estimate of drug-likeness (QED) is 0.0368. The Hall–Kier alpha value is -9.06. The van der Waals surface area contributed by atoms with E-state index in [1.807, 2.05) is 24.3 Å². The predicted octanol–water partition coefficient (Wildman–Crippen LogP) is 15.1. The first kappa shape index (κ1) is 66.5. The van der Waals surface area contributed by atoms with E-state index >= 15 is 0 Å². The maximum absolute atomic E-state index is 14.2. The third-order valence-electron chi connectivity index (χ3n) is 13.3. The van der Waals surface area contributed by atoms with Gasteiger partial charge in [-0.3, -0.25) is 4.79 Å². The third-order valence-corrected chi connectivity index (χ3v) is 13.3. The fraction of sp³-hybridized carbons (Fsp3) is 0.158. The zero-order valence-electron chi connectivity index (χ0n) is 43.0. The Bertz CT molecular complexity index is 3520. The maximum atomic E-state index is 14.2. The second-order valence-corrected chi connectivity index (χ2v) is 19.1. The van der Waals surface area contributed by atoms with Gasteiger partial charge in [-0.25, -0.2) is 9.59 Å². The molecule has 0 atom stereocenters. The van der Waals surface area contributed by atoms with Gasteiger partial charge in [0.1, 0.15) is 11.9 Å². The van der Waals surface area contributed by atoms with Gasteiger partial charge in [0.05, 0.1) is 55.5 Å². The van der Waals surface area contributed by atoms with Gasteiger partial charge >= 0.3 is 61.3 Å². The van der Waals surface area contributed by atoms with E-state index in [1.165, 1.54) is 24.3 Å². The largest absolute Gasteiger partial charge is 0.478 e. The highest BCUT2D eigenvalue weighted by molar-refractivity contribution is 7.20. The second kappa shape index (κ2) is 23.6. The number of Topliss-reactive ketones (excluding diaryl/α,β-unsaturated/α-hetero) is 1. The third kappa shape index (κ3) is 14.8. The Morgan fingerprint density at radius 1 is 0.375 bits per heavy atom. The molecule has 1 aromatic heterocycles. The molecule has 6 nitrogen and oxygen atoms in total. The lowest BCUT2D eigenvalue weighted by atomic mass is 9.12. The van der Waals surface area contributed by atoms with Crippen LogP contribution in [0.5, 0.6) is 5.75 Å². The molecule has 8 rings (SSSR count). The summed E-state index contributed by atoms with van der Waals surface area (Å²) in [6, 6.07) is 14.9. The molecule has 0 unspecified atom stereocenters. The summed E-state index contributed by atoms with van der Waals surface area (Å²) in [6.45, 7) is -0.0472. The molecule has 31 heteroatoms. The topological polar surface area (TPSA) is 84.6 Å². The van der Waals surface area contributed by atoms with E-state index in [-0.39, 0.29) is 29.3 Å². The molecule has 0 aliphatic rings. The van der Waals surface area contributed by atoms with Crippen molar-refractivity contribution in [1.82, 2.24) is 0 Å². The van der Waals surface area contributed by atoms with E-state index < -0.39 is 207 Å². The highest BCUT2D eigenvalue weighted by Crippen LogP contribution is 2.42. The highest BCUT2D eigenvalue weighted by atomic mass is 19.4. The molecule has 8 aromatic rings. The van der Waals surface area contributed by atoms with Crippen LogP contribution in [0.3, 0.4) is 0 Å². The van der Waals surface area contributed by atoms with Crippen LogP contribution < -0.4 is 31.2 Å². The molecule has 0 amide bonds. The highest BCUT2D eigenvalue weighted by Gasteiger charge is 2.47. The van der Waals surface area contributed by atoms with Gasteiger partial charge in [-0.15, -0.1) is 0 Å². The predicted molar refractivity (Wildman–Crippen MR) is 263 cm³/mol. The number of halogens is 24. The van der Waals surface area contributed by atoms with E-state index in [4.69, 9.17) is 4.74 Å². The van der Waals surface area contributed by atoms with Crippen LogP contribution in [-0.4, -0.2) is 29.0 Å². The van der Waals surface area contributed by atoms with Crippen molar-refractivity contribution in [3.63, 3.8) is 0 Å². The minimum Gasteiger partial charge on any atom is -0.478 e. The number of carbonyl (C=O) groups is 3. The number of ether oxygens (including phenoxy) is 1. The Kier molecular flexibility index (Phi) is 17.8. The summed E-state index contributed by atoms with van der Waals surface area (Å²) in [7, 11) is 0. The standard InChI is InChI=1S/C32H12BF24.C25H17NO5/c34-25(35,36)13-1-14(26(37,38)39)6-21(5-13)33(22-7-15(27(40,41)42)2-16(8-22)28(43,44)45,23-9-17(29(46,47)48)3-18(10-23)30(49,50)51)24-11-19(31(52,53)54)4-20(12-24)32(55,56)57;27-22(18-8-2-1-3-9-18)16-26-14-13-17-7-4-5-12-21(17)23(26)25(30)31-20-11-6-10-19(15-20)24(28)29/h1-12H;1-15H,16H2/q-1;/p+1. The normalized spacial score (nSPS) is 13.0. The summed E-state index contributed by atoms with van der Waals surface area (Å²) >= 11 is 0. The molecule has 0 radical (unpaired) electrons. The number of fused-ring (bicyclic) bond motifs is 1. The van der Waals surface area contributed by atoms with Crippen molar-refractivity contribution in [2.24, 2.45) is 0 Å². The number of aromatic carboxylic acids is 1. The average molecular weight is 1280 g/mol. The Labute approximate surface area is 476 Å². The fourth-order valence-electron chi connectivity index (χ4n) is 9.41. The van der Waals surface area contributed by atoms with Crippen LogP contribution >= 0.6 is 0 Å². The van der Waals surface area contributed by atoms with Gasteiger partial charge in [0.25, 0.3) is 5.69 Å². The van der Waals surface area contributed by atoms with Crippen molar-refractivity contribution >= 4 is 56.5 Å². The van der Waals surface area contributed by atoms with Gasteiger partial charge in [-0.1, -0.05) is 103 Å². The van der Waals surface area contributed by atoms with Crippen LogP contribution in [0.1, 0.15) is 75.7 Å². The van der Waals surface area contributed by atoms with Crippen molar-refractivity contribution in [2.45, 2.75) is 56.0 Å². The lowest BCUT2D eigenvalue weighted by Crippen LogP contribution is -2.75. The summed E-state index contributed by atoms with van der Waals surface area (Å²) in [4.78, 5) is 37.1. The molecule has 1 N–H and O–H groups in total.